The first-order valence-corrected chi connectivity index (χ1v) is 7.95. The molecule has 22 heavy (non-hydrogen) atoms. The molecule has 1 aromatic carbocycles. The number of rotatable bonds is 5. The Hall–Kier alpha value is -2.14. The van der Waals surface area contributed by atoms with Gasteiger partial charge in [0.2, 0.25) is 5.91 Å². The smallest absolute Gasteiger partial charge is 0.341 e. The number of hydrogen-bond donors (Lipinski definition) is 1. The van der Waals surface area contributed by atoms with Crippen LogP contribution in [0.2, 0.25) is 0 Å². The van der Waals surface area contributed by atoms with Crippen molar-refractivity contribution in [1.29, 1.82) is 0 Å². The summed E-state index contributed by atoms with van der Waals surface area (Å²) in [5.74, 6) is -0.530. The van der Waals surface area contributed by atoms with E-state index in [0.717, 1.165) is 16.0 Å². The third-order valence-electron chi connectivity index (χ3n) is 3.33. The first-order valence-electron chi connectivity index (χ1n) is 7.13. The number of carbonyl (C=O) groups excluding carboxylic acids is 2. The van der Waals surface area contributed by atoms with Gasteiger partial charge in [-0.2, -0.15) is 0 Å². The first-order chi connectivity index (χ1) is 10.5. The molecule has 2 aromatic rings. The molecule has 4 nitrogen and oxygen atoms in total. The lowest BCUT2D eigenvalue weighted by Crippen LogP contribution is -2.16. The molecule has 0 aliphatic heterocycles. The van der Waals surface area contributed by atoms with Crippen LogP contribution in [0, 0.1) is 13.8 Å². The highest BCUT2D eigenvalue weighted by Crippen LogP contribution is 2.33. The molecule has 0 saturated carbocycles. The Bertz CT molecular complexity index is 677. The molecular formula is C17H19NO3S. The molecule has 0 bridgehead atoms. The van der Waals surface area contributed by atoms with Crippen LogP contribution in [-0.4, -0.2) is 18.5 Å². The number of aryl methyl sites for hydroxylation is 1. The molecule has 5 heteroatoms. The number of anilines is 1. The first kappa shape index (κ1) is 16.2. The number of thiophene rings is 1. The van der Waals surface area contributed by atoms with Crippen LogP contribution in [0.4, 0.5) is 5.00 Å². The van der Waals surface area contributed by atoms with Gasteiger partial charge in [0.15, 0.2) is 0 Å². The minimum atomic E-state index is -0.389. The average Bonchev–Trinajstić information content (AvgIpc) is 2.74. The topological polar surface area (TPSA) is 55.4 Å². The van der Waals surface area contributed by atoms with E-state index in [1.165, 1.54) is 11.3 Å². The standard InChI is InChI=1S/C17H19NO3S/c1-4-21-17(20)15-11(2)12(3)22-16(15)18-14(19)10-13-8-6-5-7-9-13/h5-9H,4,10H2,1-3H3,(H,18,19). The van der Waals surface area contributed by atoms with Gasteiger partial charge in [0.1, 0.15) is 5.00 Å². The second kappa shape index (κ2) is 7.22. The predicted molar refractivity (Wildman–Crippen MR) is 88.5 cm³/mol. The minimum Gasteiger partial charge on any atom is -0.462 e. The molecule has 0 spiro atoms. The van der Waals surface area contributed by atoms with Crippen LogP contribution in [0.5, 0.6) is 0 Å². The molecule has 0 unspecified atom stereocenters. The fourth-order valence-electron chi connectivity index (χ4n) is 2.12. The molecule has 1 aromatic heterocycles. The van der Waals surface area contributed by atoms with Gasteiger partial charge in [-0.15, -0.1) is 11.3 Å². The molecule has 2 rings (SSSR count). The van der Waals surface area contributed by atoms with E-state index in [2.05, 4.69) is 5.32 Å². The number of amides is 1. The van der Waals surface area contributed by atoms with Gasteiger partial charge in [-0.25, -0.2) is 4.79 Å². The lowest BCUT2D eigenvalue weighted by molar-refractivity contribution is -0.115. The predicted octanol–water partition coefficient (Wildman–Crippen LogP) is 3.72. The molecule has 1 heterocycles. The van der Waals surface area contributed by atoms with Crippen molar-refractivity contribution in [2.24, 2.45) is 0 Å². The Morgan fingerprint density at radius 1 is 1.18 bits per heavy atom. The van der Waals surface area contributed by atoms with Gasteiger partial charge < -0.3 is 10.1 Å². The number of benzene rings is 1. The van der Waals surface area contributed by atoms with E-state index < -0.39 is 0 Å². The second-order valence-electron chi connectivity index (χ2n) is 4.92. The Kier molecular flexibility index (Phi) is 5.33. The van der Waals surface area contributed by atoms with Crippen LogP contribution in [0.25, 0.3) is 0 Å². The fourth-order valence-corrected chi connectivity index (χ4v) is 3.18. The van der Waals surface area contributed by atoms with Gasteiger partial charge in [0, 0.05) is 4.88 Å². The van der Waals surface area contributed by atoms with Gasteiger partial charge in [-0.1, -0.05) is 30.3 Å². The maximum absolute atomic E-state index is 12.2. The Morgan fingerprint density at radius 3 is 2.50 bits per heavy atom. The molecule has 0 atom stereocenters. The molecule has 1 amide bonds. The zero-order chi connectivity index (χ0) is 16.1. The third-order valence-corrected chi connectivity index (χ3v) is 4.45. The molecule has 0 aliphatic rings. The highest BCUT2D eigenvalue weighted by Gasteiger charge is 2.21. The van der Waals surface area contributed by atoms with Crippen LogP contribution in [0.3, 0.4) is 0 Å². The molecular weight excluding hydrogens is 298 g/mol. The summed E-state index contributed by atoms with van der Waals surface area (Å²) >= 11 is 1.40. The van der Waals surface area contributed by atoms with Crippen molar-refractivity contribution in [3.05, 3.63) is 51.9 Å². The highest BCUT2D eigenvalue weighted by atomic mass is 32.1. The molecule has 0 fully saturated rings. The molecule has 0 saturated heterocycles. The molecule has 116 valence electrons. The highest BCUT2D eigenvalue weighted by molar-refractivity contribution is 7.16. The number of ether oxygens (including phenoxy) is 1. The van der Waals surface area contributed by atoms with Gasteiger partial charge in [-0.05, 0) is 31.9 Å². The van der Waals surface area contributed by atoms with Crippen molar-refractivity contribution >= 4 is 28.2 Å². The van der Waals surface area contributed by atoms with Gasteiger partial charge in [0.05, 0.1) is 18.6 Å². The Balaban J connectivity index is 2.17. The van der Waals surface area contributed by atoms with Gasteiger partial charge in [0.25, 0.3) is 0 Å². The van der Waals surface area contributed by atoms with E-state index in [-0.39, 0.29) is 18.3 Å². The number of nitrogens with one attached hydrogen (secondary N) is 1. The van der Waals surface area contributed by atoms with Crippen LogP contribution in [0.15, 0.2) is 30.3 Å². The molecule has 0 radical (unpaired) electrons. The number of carbonyl (C=O) groups is 2. The van der Waals surface area contributed by atoms with Crippen molar-refractivity contribution in [3.63, 3.8) is 0 Å². The average molecular weight is 317 g/mol. The fraction of sp³-hybridized carbons (Fsp3) is 0.294. The van der Waals surface area contributed by atoms with E-state index in [0.29, 0.717) is 17.2 Å². The maximum Gasteiger partial charge on any atom is 0.341 e. The number of esters is 1. The lowest BCUT2D eigenvalue weighted by Gasteiger charge is -2.07. The van der Waals surface area contributed by atoms with Crippen molar-refractivity contribution < 1.29 is 14.3 Å². The third kappa shape index (κ3) is 3.74. The summed E-state index contributed by atoms with van der Waals surface area (Å²) in [6.45, 7) is 5.87. The van der Waals surface area contributed by atoms with E-state index in [1.807, 2.05) is 44.2 Å². The van der Waals surface area contributed by atoms with Crippen molar-refractivity contribution in [2.45, 2.75) is 27.2 Å². The summed E-state index contributed by atoms with van der Waals surface area (Å²) < 4.78 is 5.08. The second-order valence-corrected chi connectivity index (χ2v) is 6.14. The normalized spacial score (nSPS) is 10.3. The van der Waals surface area contributed by atoms with Crippen LogP contribution in [-0.2, 0) is 16.0 Å². The van der Waals surface area contributed by atoms with Gasteiger partial charge >= 0.3 is 5.97 Å². The largest absolute Gasteiger partial charge is 0.462 e. The van der Waals surface area contributed by atoms with E-state index >= 15 is 0 Å². The zero-order valence-corrected chi connectivity index (χ0v) is 13.8. The van der Waals surface area contributed by atoms with Crippen molar-refractivity contribution in [3.8, 4) is 0 Å². The quantitative estimate of drug-likeness (QED) is 0.855. The van der Waals surface area contributed by atoms with Gasteiger partial charge in [-0.3, -0.25) is 4.79 Å². The van der Waals surface area contributed by atoms with E-state index in [9.17, 15) is 9.59 Å². The summed E-state index contributed by atoms with van der Waals surface area (Å²) in [7, 11) is 0. The van der Waals surface area contributed by atoms with Crippen LogP contribution < -0.4 is 5.32 Å². The van der Waals surface area contributed by atoms with E-state index in [4.69, 9.17) is 4.74 Å². The van der Waals surface area contributed by atoms with Crippen molar-refractivity contribution in [1.82, 2.24) is 0 Å². The Labute approximate surface area is 134 Å². The molecule has 1 N–H and O–H groups in total. The zero-order valence-electron chi connectivity index (χ0n) is 12.9. The van der Waals surface area contributed by atoms with Crippen LogP contribution in [0.1, 0.15) is 33.3 Å². The lowest BCUT2D eigenvalue weighted by atomic mass is 10.1. The number of hydrogen-bond acceptors (Lipinski definition) is 4. The summed E-state index contributed by atoms with van der Waals surface area (Å²) in [5.41, 5.74) is 2.26. The Morgan fingerprint density at radius 2 is 1.86 bits per heavy atom. The van der Waals surface area contributed by atoms with E-state index in [1.54, 1.807) is 6.92 Å². The SMILES string of the molecule is CCOC(=O)c1c(NC(=O)Cc2ccccc2)sc(C)c1C. The van der Waals surface area contributed by atoms with Crippen LogP contribution >= 0.6 is 11.3 Å². The summed E-state index contributed by atoms with van der Waals surface area (Å²) in [6.07, 6.45) is 0.277. The summed E-state index contributed by atoms with van der Waals surface area (Å²) in [4.78, 5) is 25.2. The summed E-state index contributed by atoms with van der Waals surface area (Å²) in [5, 5.41) is 3.40. The monoisotopic (exact) mass is 317 g/mol. The van der Waals surface area contributed by atoms with Crippen molar-refractivity contribution in [2.75, 3.05) is 11.9 Å². The maximum atomic E-state index is 12.2. The summed E-state index contributed by atoms with van der Waals surface area (Å²) in [6, 6.07) is 9.50. The molecule has 0 aliphatic carbocycles. The minimum absolute atomic E-state index is 0.141.